The normalized spacial score (nSPS) is 15.0. The van der Waals surface area contributed by atoms with E-state index in [-0.39, 0.29) is 11.8 Å². The lowest BCUT2D eigenvalue weighted by Gasteiger charge is -2.26. The highest BCUT2D eigenvalue weighted by atomic mass is 16.5. The van der Waals surface area contributed by atoms with E-state index in [2.05, 4.69) is 5.32 Å². The average molecular weight is 339 g/mol. The Morgan fingerprint density at radius 2 is 1.88 bits per heavy atom. The van der Waals surface area contributed by atoms with Crippen LogP contribution in [0.5, 0.6) is 5.75 Å². The van der Waals surface area contributed by atoms with E-state index in [9.17, 15) is 14.7 Å². The van der Waals surface area contributed by atoms with Crippen molar-refractivity contribution in [1.82, 2.24) is 5.32 Å². The molecule has 1 saturated carbocycles. The van der Waals surface area contributed by atoms with Gasteiger partial charge in [-0.1, -0.05) is 48.9 Å². The van der Waals surface area contributed by atoms with Gasteiger partial charge in [0, 0.05) is 5.92 Å². The van der Waals surface area contributed by atoms with Crippen LogP contribution in [0, 0.1) is 5.92 Å². The van der Waals surface area contributed by atoms with Gasteiger partial charge in [-0.25, -0.2) is 4.79 Å². The molecule has 1 amide bonds. The van der Waals surface area contributed by atoms with Crippen molar-refractivity contribution in [3.63, 3.8) is 0 Å². The predicted molar refractivity (Wildman–Crippen MR) is 93.1 cm³/mol. The second kappa shape index (κ2) is 7.83. The van der Waals surface area contributed by atoms with Gasteiger partial charge in [0.1, 0.15) is 12.4 Å². The van der Waals surface area contributed by atoms with Crippen LogP contribution in [0.4, 0.5) is 0 Å². The van der Waals surface area contributed by atoms with E-state index in [4.69, 9.17) is 4.74 Å². The highest BCUT2D eigenvalue weighted by molar-refractivity contribution is 5.86. The molecule has 1 atom stereocenters. The van der Waals surface area contributed by atoms with E-state index in [1.165, 1.54) is 0 Å². The summed E-state index contributed by atoms with van der Waals surface area (Å²) in [7, 11) is 0. The first-order valence-corrected chi connectivity index (χ1v) is 8.43. The predicted octanol–water partition coefficient (Wildman–Crippen LogP) is 3.31. The minimum absolute atomic E-state index is 0.0561. The second-order valence-electron chi connectivity index (χ2n) is 6.25. The van der Waals surface area contributed by atoms with Gasteiger partial charge in [-0.2, -0.15) is 0 Å². The first-order valence-electron chi connectivity index (χ1n) is 8.43. The molecule has 5 nitrogen and oxygen atoms in total. The van der Waals surface area contributed by atoms with E-state index in [1.54, 1.807) is 24.3 Å². The SMILES string of the molecule is O=C(NC(C(=O)O)c1cccc(OCc2ccccc2)c1)C1CCC1. The molecule has 1 fully saturated rings. The van der Waals surface area contributed by atoms with Crippen molar-refractivity contribution in [2.75, 3.05) is 0 Å². The maximum atomic E-state index is 12.1. The van der Waals surface area contributed by atoms with E-state index >= 15 is 0 Å². The third-order valence-electron chi connectivity index (χ3n) is 4.45. The van der Waals surface area contributed by atoms with Gasteiger partial charge in [0.05, 0.1) is 0 Å². The Morgan fingerprint density at radius 1 is 1.12 bits per heavy atom. The zero-order chi connectivity index (χ0) is 17.6. The Labute approximate surface area is 146 Å². The lowest BCUT2D eigenvalue weighted by molar-refractivity contribution is -0.143. The third-order valence-corrected chi connectivity index (χ3v) is 4.45. The maximum absolute atomic E-state index is 12.1. The molecule has 2 aromatic carbocycles. The van der Waals surface area contributed by atoms with Crippen LogP contribution in [0.15, 0.2) is 54.6 Å². The third kappa shape index (κ3) is 4.38. The number of ether oxygens (including phenoxy) is 1. The standard InChI is InChI=1S/C20H21NO4/c22-19(15-8-4-9-15)21-18(20(23)24)16-10-5-11-17(12-16)25-13-14-6-2-1-3-7-14/h1-3,5-7,10-12,15,18H,4,8-9,13H2,(H,21,22)(H,23,24). The number of amides is 1. The molecular formula is C20H21NO4. The van der Waals surface area contributed by atoms with Crippen LogP contribution >= 0.6 is 0 Å². The fourth-order valence-corrected chi connectivity index (χ4v) is 2.74. The van der Waals surface area contributed by atoms with Gasteiger partial charge < -0.3 is 15.2 Å². The first-order chi connectivity index (χ1) is 12.1. The molecule has 5 heteroatoms. The van der Waals surface area contributed by atoms with Gasteiger partial charge >= 0.3 is 5.97 Å². The Bertz CT molecular complexity index is 740. The molecule has 25 heavy (non-hydrogen) atoms. The van der Waals surface area contributed by atoms with Crippen molar-refractivity contribution in [3.05, 3.63) is 65.7 Å². The van der Waals surface area contributed by atoms with Crippen molar-refractivity contribution in [2.24, 2.45) is 5.92 Å². The molecule has 0 bridgehead atoms. The topological polar surface area (TPSA) is 75.6 Å². The van der Waals surface area contributed by atoms with Crippen LogP contribution in [0.2, 0.25) is 0 Å². The molecule has 3 rings (SSSR count). The lowest BCUT2D eigenvalue weighted by atomic mass is 9.84. The molecule has 1 unspecified atom stereocenters. The van der Waals surface area contributed by atoms with Crippen molar-refractivity contribution >= 4 is 11.9 Å². The number of aliphatic carboxylic acids is 1. The van der Waals surface area contributed by atoms with Gasteiger partial charge in [-0.05, 0) is 36.1 Å². The molecule has 0 radical (unpaired) electrons. The quantitative estimate of drug-likeness (QED) is 0.811. The number of hydrogen-bond acceptors (Lipinski definition) is 3. The molecule has 1 aliphatic carbocycles. The van der Waals surface area contributed by atoms with Crippen LogP contribution in [-0.2, 0) is 16.2 Å². The number of benzene rings is 2. The average Bonchev–Trinajstić information content (AvgIpc) is 2.57. The fourth-order valence-electron chi connectivity index (χ4n) is 2.74. The Hall–Kier alpha value is -2.82. The van der Waals surface area contributed by atoms with E-state index in [0.717, 1.165) is 24.8 Å². The minimum atomic E-state index is -1.08. The fraction of sp³-hybridized carbons (Fsp3) is 0.300. The summed E-state index contributed by atoms with van der Waals surface area (Å²) in [5.41, 5.74) is 1.53. The number of carbonyl (C=O) groups is 2. The largest absolute Gasteiger partial charge is 0.489 e. The van der Waals surface area contributed by atoms with Gasteiger partial charge in [0.25, 0.3) is 0 Å². The van der Waals surface area contributed by atoms with Crippen LogP contribution in [0.25, 0.3) is 0 Å². The lowest BCUT2D eigenvalue weighted by Crippen LogP contribution is -2.39. The summed E-state index contributed by atoms with van der Waals surface area (Å²) in [5, 5.41) is 12.1. The monoisotopic (exact) mass is 339 g/mol. The molecule has 0 heterocycles. The highest BCUT2D eigenvalue weighted by Gasteiger charge is 2.30. The number of carboxylic acid groups (broad SMARTS) is 1. The van der Waals surface area contributed by atoms with Crippen LogP contribution in [0.1, 0.15) is 36.4 Å². The summed E-state index contributed by atoms with van der Waals surface area (Å²) < 4.78 is 5.74. The number of nitrogens with one attached hydrogen (secondary N) is 1. The smallest absolute Gasteiger partial charge is 0.330 e. The van der Waals surface area contributed by atoms with Gasteiger partial charge in [0.15, 0.2) is 6.04 Å². The number of carbonyl (C=O) groups excluding carboxylic acids is 1. The molecule has 2 N–H and O–H groups in total. The van der Waals surface area contributed by atoms with Crippen molar-refractivity contribution in [3.8, 4) is 5.75 Å². The Balaban J connectivity index is 1.68. The summed E-state index contributed by atoms with van der Waals surface area (Å²) >= 11 is 0. The summed E-state index contributed by atoms with van der Waals surface area (Å²) in [4.78, 5) is 23.7. The molecule has 2 aromatic rings. The zero-order valence-electron chi connectivity index (χ0n) is 13.9. The maximum Gasteiger partial charge on any atom is 0.330 e. The van der Waals surface area contributed by atoms with Crippen molar-refractivity contribution in [1.29, 1.82) is 0 Å². The number of carboxylic acids is 1. The zero-order valence-corrected chi connectivity index (χ0v) is 13.9. The number of rotatable bonds is 7. The summed E-state index contributed by atoms with van der Waals surface area (Å²) in [6.45, 7) is 0.399. The molecule has 1 aliphatic rings. The summed E-state index contributed by atoms with van der Waals surface area (Å²) in [6.07, 6.45) is 2.69. The molecular weight excluding hydrogens is 318 g/mol. The second-order valence-corrected chi connectivity index (χ2v) is 6.25. The summed E-state index contributed by atoms with van der Waals surface area (Å²) in [6, 6.07) is 15.5. The summed E-state index contributed by atoms with van der Waals surface area (Å²) in [5.74, 6) is -0.744. The first kappa shape index (κ1) is 17.0. The molecule has 0 spiro atoms. The molecule has 0 aliphatic heterocycles. The van der Waals surface area contributed by atoms with Crippen LogP contribution in [0.3, 0.4) is 0 Å². The molecule has 130 valence electrons. The van der Waals surface area contributed by atoms with Gasteiger partial charge in [-0.3, -0.25) is 4.79 Å². The van der Waals surface area contributed by atoms with Gasteiger partial charge in [-0.15, -0.1) is 0 Å². The molecule has 0 saturated heterocycles. The van der Waals surface area contributed by atoms with Gasteiger partial charge in [0.2, 0.25) is 5.91 Å². The van der Waals surface area contributed by atoms with E-state index in [1.807, 2.05) is 30.3 Å². The van der Waals surface area contributed by atoms with Crippen molar-refractivity contribution < 1.29 is 19.4 Å². The van der Waals surface area contributed by atoms with Crippen LogP contribution < -0.4 is 10.1 Å². The van der Waals surface area contributed by atoms with E-state index < -0.39 is 12.0 Å². The Kier molecular flexibility index (Phi) is 5.33. The Morgan fingerprint density at radius 3 is 2.52 bits per heavy atom. The van der Waals surface area contributed by atoms with Crippen molar-refractivity contribution in [2.45, 2.75) is 31.9 Å². The molecule has 0 aromatic heterocycles. The minimum Gasteiger partial charge on any atom is -0.489 e. The van der Waals surface area contributed by atoms with Crippen LogP contribution in [-0.4, -0.2) is 17.0 Å². The highest BCUT2D eigenvalue weighted by Crippen LogP contribution is 2.28. The van der Waals surface area contributed by atoms with E-state index in [0.29, 0.717) is 17.9 Å². The number of hydrogen-bond donors (Lipinski definition) is 2.